The smallest absolute Gasteiger partial charge is 0.228 e. The number of nitrogens with one attached hydrogen (secondary N) is 1. The number of hydrogen-bond donors (Lipinski definition) is 1. The predicted molar refractivity (Wildman–Crippen MR) is 129 cm³/mol. The van der Waals surface area contributed by atoms with Crippen molar-refractivity contribution in [2.45, 2.75) is 23.0 Å². The molecular weight excluding hydrogens is 450 g/mol. The lowest BCUT2D eigenvalue weighted by atomic mass is 10.1. The first-order valence-electron chi connectivity index (χ1n) is 10.9. The number of aromatic nitrogens is 7. The largest absolute Gasteiger partial charge is 0.363 e. The zero-order chi connectivity index (χ0) is 23.2. The van der Waals surface area contributed by atoms with Crippen LogP contribution < -0.4 is 10.2 Å². The Kier molecular flexibility index (Phi) is 4.91. The van der Waals surface area contributed by atoms with Crippen LogP contribution in [0, 0.1) is 5.92 Å². The molecule has 1 aliphatic rings. The molecule has 6 rings (SSSR count). The molecule has 0 radical (unpaired) electrons. The lowest BCUT2D eigenvalue weighted by Crippen LogP contribution is -2.13. The Morgan fingerprint density at radius 2 is 1.85 bits per heavy atom. The van der Waals surface area contributed by atoms with Gasteiger partial charge in [-0.2, -0.15) is 5.10 Å². The Balaban J connectivity index is 1.27. The van der Waals surface area contributed by atoms with Crippen molar-refractivity contribution in [3.05, 3.63) is 55.0 Å². The van der Waals surface area contributed by atoms with Gasteiger partial charge in [0.15, 0.2) is 17.1 Å². The number of rotatable bonds is 6. The number of amides is 1. The van der Waals surface area contributed by atoms with Gasteiger partial charge in [0.1, 0.15) is 10.8 Å². The molecule has 1 N–H and O–H groups in total. The fraction of sp³-hybridized carbons (Fsp3) is 0.217. The molecule has 0 unspecified atom stereocenters. The van der Waals surface area contributed by atoms with E-state index in [1.54, 1.807) is 10.7 Å². The normalized spacial score (nSPS) is 13.5. The molecule has 1 saturated carbocycles. The van der Waals surface area contributed by atoms with E-state index >= 15 is 0 Å². The highest BCUT2D eigenvalue weighted by molar-refractivity contribution is 7.99. The average Bonchev–Trinajstić information content (AvgIpc) is 3.52. The molecule has 0 spiro atoms. The Morgan fingerprint density at radius 1 is 1.03 bits per heavy atom. The van der Waals surface area contributed by atoms with E-state index in [1.807, 2.05) is 66.1 Å². The third-order valence-electron chi connectivity index (χ3n) is 5.60. The molecule has 11 heteroatoms. The highest BCUT2D eigenvalue weighted by Crippen LogP contribution is 2.30. The van der Waals surface area contributed by atoms with Crippen LogP contribution in [0.4, 0.5) is 11.6 Å². The molecule has 34 heavy (non-hydrogen) atoms. The van der Waals surface area contributed by atoms with Crippen LogP contribution in [-0.2, 0) is 4.79 Å². The number of imidazole rings is 1. The number of carbonyl (C=O) groups excluding carboxylic acids is 1. The second-order valence-electron chi connectivity index (χ2n) is 8.39. The summed E-state index contributed by atoms with van der Waals surface area (Å²) < 4.78 is 3.61. The van der Waals surface area contributed by atoms with Gasteiger partial charge in [-0.3, -0.25) is 9.20 Å². The van der Waals surface area contributed by atoms with Crippen LogP contribution in [0.25, 0.3) is 22.4 Å². The summed E-state index contributed by atoms with van der Waals surface area (Å²) in [5.74, 6) is 1.56. The molecule has 1 aliphatic carbocycles. The standard InChI is InChI=1S/C23H21N9OS/c1-30(2)18-7-5-15(11-24-18)16-6-8-20-27-28-23(31(20)12-16)34-21-10-9-19-25-17(13-32(19)29-21)26-22(33)14-3-4-14/h5-14H,3-4H2,1-2H3,(H,26,33). The molecule has 170 valence electrons. The van der Waals surface area contributed by atoms with E-state index in [2.05, 4.69) is 36.6 Å². The molecule has 10 nitrogen and oxygen atoms in total. The van der Waals surface area contributed by atoms with Crippen molar-refractivity contribution in [2.75, 3.05) is 24.3 Å². The van der Waals surface area contributed by atoms with Crippen molar-refractivity contribution in [2.24, 2.45) is 5.92 Å². The maximum absolute atomic E-state index is 12.0. The maximum atomic E-state index is 12.0. The van der Waals surface area contributed by atoms with Gasteiger partial charge in [-0.05, 0) is 61.0 Å². The van der Waals surface area contributed by atoms with Gasteiger partial charge in [0.25, 0.3) is 0 Å². The van der Waals surface area contributed by atoms with Gasteiger partial charge in [-0.1, -0.05) is 0 Å². The molecule has 5 heterocycles. The van der Waals surface area contributed by atoms with Crippen molar-refractivity contribution in [1.29, 1.82) is 0 Å². The minimum atomic E-state index is 0.0234. The first-order valence-corrected chi connectivity index (χ1v) is 11.7. The molecule has 0 aliphatic heterocycles. The summed E-state index contributed by atoms with van der Waals surface area (Å²) >= 11 is 1.41. The van der Waals surface area contributed by atoms with Gasteiger partial charge in [0.2, 0.25) is 11.1 Å². The summed E-state index contributed by atoms with van der Waals surface area (Å²) in [7, 11) is 3.93. The monoisotopic (exact) mass is 471 g/mol. The fourth-order valence-corrected chi connectivity index (χ4v) is 4.36. The quantitative estimate of drug-likeness (QED) is 0.402. The molecule has 5 aromatic rings. The van der Waals surface area contributed by atoms with Crippen LogP contribution in [0.3, 0.4) is 0 Å². The van der Waals surface area contributed by atoms with Crippen LogP contribution >= 0.6 is 11.8 Å². The molecule has 0 saturated heterocycles. The summed E-state index contributed by atoms with van der Waals surface area (Å²) in [6.07, 6.45) is 7.49. The molecule has 0 bridgehead atoms. The van der Waals surface area contributed by atoms with Crippen molar-refractivity contribution in [3.8, 4) is 11.1 Å². The second kappa shape index (κ2) is 8.10. The first kappa shape index (κ1) is 20.6. The zero-order valence-electron chi connectivity index (χ0n) is 18.6. The van der Waals surface area contributed by atoms with Crippen LogP contribution in [0.15, 0.2) is 65.2 Å². The molecule has 0 aromatic carbocycles. The van der Waals surface area contributed by atoms with E-state index in [0.29, 0.717) is 16.6 Å². The fourth-order valence-electron chi connectivity index (χ4n) is 3.58. The summed E-state index contributed by atoms with van der Waals surface area (Å²) in [4.78, 5) is 22.9. The second-order valence-corrected chi connectivity index (χ2v) is 9.38. The third-order valence-corrected chi connectivity index (χ3v) is 6.49. The van der Waals surface area contributed by atoms with E-state index in [9.17, 15) is 4.79 Å². The van der Waals surface area contributed by atoms with Crippen molar-refractivity contribution in [3.63, 3.8) is 0 Å². The van der Waals surface area contributed by atoms with Gasteiger partial charge in [-0.15, -0.1) is 10.2 Å². The van der Waals surface area contributed by atoms with Crippen LogP contribution in [0.5, 0.6) is 0 Å². The van der Waals surface area contributed by atoms with E-state index < -0.39 is 0 Å². The van der Waals surface area contributed by atoms with Gasteiger partial charge in [0, 0.05) is 43.5 Å². The minimum absolute atomic E-state index is 0.0234. The molecule has 1 amide bonds. The Morgan fingerprint density at radius 3 is 2.62 bits per heavy atom. The first-order chi connectivity index (χ1) is 16.5. The van der Waals surface area contributed by atoms with Gasteiger partial charge in [-0.25, -0.2) is 14.5 Å². The van der Waals surface area contributed by atoms with Gasteiger partial charge in [0.05, 0.1) is 6.20 Å². The number of pyridine rings is 2. The molecule has 0 atom stereocenters. The molecule has 5 aromatic heterocycles. The number of carbonyl (C=O) groups is 1. The Bertz CT molecular complexity index is 1520. The highest BCUT2D eigenvalue weighted by atomic mass is 32.2. The van der Waals surface area contributed by atoms with Crippen LogP contribution in [0.1, 0.15) is 12.8 Å². The van der Waals surface area contributed by atoms with Crippen molar-refractivity contribution >= 4 is 40.6 Å². The van der Waals surface area contributed by atoms with E-state index in [-0.39, 0.29) is 11.8 Å². The maximum Gasteiger partial charge on any atom is 0.228 e. The van der Waals surface area contributed by atoms with Crippen LogP contribution in [0.2, 0.25) is 0 Å². The third kappa shape index (κ3) is 3.94. The molecule has 1 fully saturated rings. The van der Waals surface area contributed by atoms with Crippen LogP contribution in [-0.4, -0.2) is 54.2 Å². The van der Waals surface area contributed by atoms with Gasteiger partial charge >= 0.3 is 0 Å². The Labute approximate surface area is 199 Å². The van der Waals surface area contributed by atoms with E-state index in [0.717, 1.165) is 40.5 Å². The number of fused-ring (bicyclic) bond motifs is 2. The summed E-state index contributed by atoms with van der Waals surface area (Å²) in [6.45, 7) is 0. The molecular formula is C23H21N9OS. The topological polar surface area (TPSA) is 106 Å². The zero-order valence-corrected chi connectivity index (χ0v) is 19.4. The number of nitrogens with zero attached hydrogens (tertiary/aromatic N) is 8. The minimum Gasteiger partial charge on any atom is -0.363 e. The van der Waals surface area contributed by atoms with Crippen molar-refractivity contribution in [1.82, 2.24) is 34.2 Å². The number of hydrogen-bond acceptors (Lipinski definition) is 8. The summed E-state index contributed by atoms with van der Waals surface area (Å²) in [6, 6.07) is 11.7. The summed E-state index contributed by atoms with van der Waals surface area (Å²) in [5.41, 5.74) is 3.44. The average molecular weight is 472 g/mol. The predicted octanol–water partition coefficient (Wildman–Crippen LogP) is 3.40. The lowest BCUT2D eigenvalue weighted by Gasteiger charge is -2.11. The Hall–Kier alpha value is -3.99. The number of anilines is 2. The van der Waals surface area contributed by atoms with E-state index in [1.165, 1.54) is 11.8 Å². The van der Waals surface area contributed by atoms with E-state index in [4.69, 9.17) is 0 Å². The summed E-state index contributed by atoms with van der Waals surface area (Å²) in [5, 5.41) is 17.5. The highest BCUT2D eigenvalue weighted by Gasteiger charge is 2.30. The lowest BCUT2D eigenvalue weighted by molar-refractivity contribution is -0.117. The SMILES string of the molecule is CN(C)c1ccc(-c2ccc3nnc(Sc4ccc5nc(NC(=O)C6CC6)cn5n4)n3c2)cn1. The van der Waals surface area contributed by atoms with Crippen molar-refractivity contribution < 1.29 is 4.79 Å². The van der Waals surface area contributed by atoms with Gasteiger partial charge < -0.3 is 10.2 Å².